The van der Waals surface area contributed by atoms with Crippen molar-refractivity contribution in [3.8, 4) is 0 Å². The highest BCUT2D eigenvalue weighted by molar-refractivity contribution is 6.30. The Kier molecular flexibility index (Phi) is 7.26. The van der Waals surface area contributed by atoms with Gasteiger partial charge in [0.2, 0.25) is 5.91 Å². The molecule has 1 unspecified atom stereocenters. The molecule has 8 nitrogen and oxygen atoms in total. The molecule has 1 atom stereocenters. The lowest BCUT2D eigenvalue weighted by Gasteiger charge is -2.44. The minimum atomic E-state index is -1.04. The number of hydrogen-bond acceptors (Lipinski definition) is 4. The van der Waals surface area contributed by atoms with Gasteiger partial charge in [-0.1, -0.05) is 43.5 Å². The van der Waals surface area contributed by atoms with Gasteiger partial charge in [-0.25, -0.2) is 4.98 Å². The second kappa shape index (κ2) is 10.2. The van der Waals surface area contributed by atoms with Crippen molar-refractivity contribution >= 4 is 29.3 Å². The first-order chi connectivity index (χ1) is 16.3. The number of rotatable bonds is 8. The summed E-state index contributed by atoms with van der Waals surface area (Å²) in [6, 6.07) is 7.61. The molecule has 0 bridgehead atoms. The SMILES string of the molecule is CCCN1C(=O)c2c(C(=O)NCCc3ccc(Cl)cc3)ncn2CC1(C)C(=O)NC1CCCC1. The number of halogens is 1. The Morgan fingerprint density at radius 1 is 1.21 bits per heavy atom. The third-order valence-electron chi connectivity index (χ3n) is 6.81. The van der Waals surface area contributed by atoms with Crippen molar-refractivity contribution in [2.45, 2.75) is 70.5 Å². The number of amides is 3. The monoisotopic (exact) mass is 485 g/mol. The molecule has 1 fully saturated rings. The van der Waals surface area contributed by atoms with Crippen LogP contribution in [0, 0.1) is 0 Å². The van der Waals surface area contributed by atoms with E-state index >= 15 is 0 Å². The van der Waals surface area contributed by atoms with Gasteiger partial charge in [0, 0.05) is 24.2 Å². The van der Waals surface area contributed by atoms with Gasteiger partial charge in [0.1, 0.15) is 11.2 Å². The third kappa shape index (κ3) is 4.82. The van der Waals surface area contributed by atoms with Crippen molar-refractivity contribution in [1.82, 2.24) is 25.1 Å². The van der Waals surface area contributed by atoms with E-state index in [2.05, 4.69) is 15.6 Å². The minimum Gasteiger partial charge on any atom is -0.351 e. The molecule has 4 rings (SSSR count). The Morgan fingerprint density at radius 2 is 1.91 bits per heavy atom. The summed E-state index contributed by atoms with van der Waals surface area (Å²) in [5.41, 5.74) is 0.348. The van der Waals surface area contributed by atoms with Crippen molar-refractivity contribution in [2.24, 2.45) is 0 Å². The van der Waals surface area contributed by atoms with Gasteiger partial charge in [-0.15, -0.1) is 0 Å². The molecule has 9 heteroatoms. The Labute approximate surface area is 205 Å². The summed E-state index contributed by atoms with van der Waals surface area (Å²) in [6.45, 7) is 4.87. The zero-order valence-electron chi connectivity index (χ0n) is 19.8. The molecule has 2 aliphatic rings. The predicted molar refractivity (Wildman–Crippen MR) is 130 cm³/mol. The summed E-state index contributed by atoms with van der Waals surface area (Å²) in [5, 5.41) is 6.67. The van der Waals surface area contributed by atoms with E-state index < -0.39 is 11.4 Å². The number of carbonyl (C=O) groups is 3. The molecule has 1 aliphatic carbocycles. The van der Waals surface area contributed by atoms with E-state index in [1.54, 1.807) is 16.4 Å². The highest BCUT2D eigenvalue weighted by Gasteiger charge is 2.48. The lowest BCUT2D eigenvalue weighted by molar-refractivity contribution is -0.133. The molecule has 0 spiro atoms. The second-order valence-electron chi connectivity index (χ2n) is 9.39. The van der Waals surface area contributed by atoms with Crippen LogP contribution in [0.25, 0.3) is 0 Å². The summed E-state index contributed by atoms with van der Waals surface area (Å²) in [7, 11) is 0. The summed E-state index contributed by atoms with van der Waals surface area (Å²) in [6.07, 6.45) is 7.00. The van der Waals surface area contributed by atoms with Crippen LogP contribution in [0.15, 0.2) is 30.6 Å². The molecule has 1 saturated carbocycles. The van der Waals surface area contributed by atoms with Crippen LogP contribution in [0.5, 0.6) is 0 Å². The molecule has 1 aromatic carbocycles. The van der Waals surface area contributed by atoms with Crippen LogP contribution in [-0.2, 0) is 17.8 Å². The quantitative estimate of drug-likeness (QED) is 0.600. The van der Waals surface area contributed by atoms with E-state index in [1.165, 1.54) is 6.33 Å². The van der Waals surface area contributed by atoms with Crippen molar-refractivity contribution in [2.75, 3.05) is 13.1 Å². The highest BCUT2D eigenvalue weighted by atomic mass is 35.5. The van der Waals surface area contributed by atoms with Gasteiger partial charge >= 0.3 is 0 Å². The molecule has 1 aromatic heterocycles. The predicted octanol–water partition coefficient (Wildman–Crippen LogP) is 3.19. The van der Waals surface area contributed by atoms with E-state index in [0.29, 0.717) is 31.0 Å². The van der Waals surface area contributed by atoms with Gasteiger partial charge in [-0.3, -0.25) is 14.4 Å². The van der Waals surface area contributed by atoms with Crippen LogP contribution in [0.1, 0.15) is 72.5 Å². The van der Waals surface area contributed by atoms with Crippen LogP contribution >= 0.6 is 11.6 Å². The van der Waals surface area contributed by atoms with Crippen molar-refractivity contribution in [3.05, 3.63) is 52.6 Å². The number of hydrogen-bond donors (Lipinski definition) is 2. The first-order valence-corrected chi connectivity index (χ1v) is 12.4. The molecule has 34 heavy (non-hydrogen) atoms. The van der Waals surface area contributed by atoms with Crippen LogP contribution in [-0.4, -0.2) is 56.8 Å². The van der Waals surface area contributed by atoms with Crippen molar-refractivity contribution < 1.29 is 14.4 Å². The molecule has 182 valence electrons. The average molecular weight is 486 g/mol. The number of aromatic nitrogens is 2. The van der Waals surface area contributed by atoms with Crippen LogP contribution in [0.4, 0.5) is 0 Å². The molecular formula is C25H32ClN5O3. The number of fused-ring (bicyclic) bond motifs is 1. The fourth-order valence-corrected chi connectivity index (χ4v) is 5.02. The highest BCUT2D eigenvalue weighted by Crippen LogP contribution is 2.30. The first kappa shape index (κ1) is 24.3. The molecule has 0 radical (unpaired) electrons. The van der Waals surface area contributed by atoms with Gasteiger partial charge in [-0.2, -0.15) is 0 Å². The van der Waals surface area contributed by atoms with Gasteiger partial charge in [-0.05, 0) is 50.3 Å². The number of nitrogens with one attached hydrogen (secondary N) is 2. The largest absolute Gasteiger partial charge is 0.351 e. The fourth-order valence-electron chi connectivity index (χ4n) is 4.89. The third-order valence-corrected chi connectivity index (χ3v) is 7.07. The Balaban J connectivity index is 1.50. The molecule has 3 amide bonds. The van der Waals surface area contributed by atoms with E-state index in [1.807, 2.05) is 31.2 Å². The first-order valence-electron chi connectivity index (χ1n) is 12.0. The molecule has 2 N–H and O–H groups in total. The maximum absolute atomic E-state index is 13.6. The maximum atomic E-state index is 13.6. The molecular weight excluding hydrogens is 454 g/mol. The number of imidazole rings is 1. The zero-order valence-corrected chi connectivity index (χ0v) is 20.5. The van der Waals surface area contributed by atoms with Gasteiger partial charge in [0.25, 0.3) is 11.8 Å². The summed E-state index contributed by atoms with van der Waals surface area (Å²) in [4.78, 5) is 45.7. The molecule has 0 saturated heterocycles. The average Bonchev–Trinajstić information content (AvgIpc) is 3.48. The van der Waals surface area contributed by atoms with Gasteiger partial charge < -0.3 is 20.1 Å². The minimum absolute atomic E-state index is 0.0976. The molecule has 2 heterocycles. The topological polar surface area (TPSA) is 96.3 Å². The fraction of sp³-hybridized carbons (Fsp3) is 0.520. The number of benzene rings is 1. The second-order valence-corrected chi connectivity index (χ2v) is 9.82. The van der Waals surface area contributed by atoms with Gasteiger partial charge in [0.05, 0.1) is 12.9 Å². The molecule has 2 aromatic rings. The lowest BCUT2D eigenvalue weighted by atomic mass is 9.93. The van der Waals surface area contributed by atoms with Crippen molar-refractivity contribution in [3.63, 3.8) is 0 Å². The number of nitrogens with zero attached hydrogens (tertiary/aromatic N) is 3. The smallest absolute Gasteiger partial charge is 0.273 e. The van der Waals surface area contributed by atoms with Crippen LogP contribution < -0.4 is 10.6 Å². The summed E-state index contributed by atoms with van der Waals surface area (Å²) >= 11 is 5.92. The zero-order chi connectivity index (χ0) is 24.3. The summed E-state index contributed by atoms with van der Waals surface area (Å²) in [5.74, 6) is -0.876. The standard InChI is InChI=1S/C25H32ClN5O3/c1-3-14-31-23(33)21-20(22(32)27-13-12-17-8-10-18(26)11-9-17)28-16-30(21)15-25(31,2)24(34)29-19-6-4-5-7-19/h8-11,16,19H,3-7,12-15H2,1-2H3,(H,27,32)(H,29,34). The Bertz CT molecular complexity index is 1060. The maximum Gasteiger partial charge on any atom is 0.273 e. The van der Waals surface area contributed by atoms with Crippen LogP contribution in [0.2, 0.25) is 5.02 Å². The van der Waals surface area contributed by atoms with Gasteiger partial charge in [0.15, 0.2) is 5.69 Å². The molecule has 1 aliphatic heterocycles. The van der Waals surface area contributed by atoms with Crippen molar-refractivity contribution in [1.29, 1.82) is 0 Å². The van der Waals surface area contributed by atoms with E-state index in [9.17, 15) is 14.4 Å². The Morgan fingerprint density at radius 3 is 2.59 bits per heavy atom. The normalized spacial score (nSPS) is 20.3. The van der Waals surface area contributed by atoms with Crippen LogP contribution in [0.3, 0.4) is 0 Å². The lowest BCUT2D eigenvalue weighted by Crippen LogP contribution is -2.65. The van der Waals surface area contributed by atoms with E-state index in [4.69, 9.17) is 11.6 Å². The Hall–Kier alpha value is -2.87. The summed E-state index contributed by atoms with van der Waals surface area (Å²) < 4.78 is 1.65. The van der Waals surface area contributed by atoms with E-state index in [0.717, 1.165) is 31.2 Å². The number of carbonyl (C=O) groups excluding carboxylic acids is 3. The van der Waals surface area contributed by atoms with E-state index in [-0.39, 0.29) is 35.8 Å².